The van der Waals surface area contributed by atoms with Crippen molar-refractivity contribution in [2.45, 2.75) is 0 Å². The molecule has 1 aliphatic heterocycles. The smallest absolute Gasteiger partial charge is 0.331 e. The quantitative estimate of drug-likeness (QED) is 0.396. The van der Waals surface area contributed by atoms with Gasteiger partial charge in [0.15, 0.2) is 5.17 Å². The van der Waals surface area contributed by atoms with Gasteiger partial charge in [-0.15, -0.1) is 5.10 Å². The van der Waals surface area contributed by atoms with Crippen LogP contribution in [0.2, 0.25) is 0 Å². The number of methoxy groups -OCH3 is 1. The number of nitrogens with zero attached hydrogens (tertiary/aromatic N) is 2. The fourth-order valence-electron chi connectivity index (χ4n) is 1.38. The number of amidine groups is 1. The Kier molecular flexibility index (Phi) is 4.83. The Morgan fingerprint density at radius 1 is 1.48 bits per heavy atom. The summed E-state index contributed by atoms with van der Waals surface area (Å²) in [5.74, 6) is -1.46. The number of hydrogen-bond acceptors (Lipinski definition) is 6. The molecule has 1 aromatic carbocycles. The fraction of sp³-hybridized carbons (Fsp3) is 0.0769. The summed E-state index contributed by atoms with van der Waals surface area (Å²) in [4.78, 5) is 22.7. The maximum atomic E-state index is 12.9. The monoisotopic (exact) mass is 307 g/mol. The zero-order valence-electron chi connectivity index (χ0n) is 10.9. The number of esters is 1. The Morgan fingerprint density at radius 2 is 2.29 bits per heavy atom. The van der Waals surface area contributed by atoms with Gasteiger partial charge in [-0.05, 0) is 29.5 Å². The number of carbonyl (C=O) groups excluding carboxylic acids is 2. The minimum Gasteiger partial charge on any atom is -0.466 e. The van der Waals surface area contributed by atoms with Crippen LogP contribution in [0.1, 0.15) is 5.56 Å². The van der Waals surface area contributed by atoms with Gasteiger partial charge in [-0.2, -0.15) is 5.10 Å². The van der Waals surface area contributed by atoms with Crippen LogP contribution in [-0.4, -0.2) is 30.4 Å². The number of rotatable bonds is 3. The fourth-order valence-corrected chi connectivity index (χ4v) is 2.11. The third-order valence-corrected chi connectivity index (χ3v) is 3.21. The predicted octanol–water partition coefficient (Wildman–Crippen LogP) is 1.44. The molecule has 1 aliphatic rings. The van der Waals surface area contributed by atoms with Crippen molar-refractivity contribution in [1.29, 1.82) is 0 Å². The second-order valence-corrected chi connectivity index (χ2v) is 4.82. The number of ether oxygens (including phenoxy) is 1. The van der Waals surface area contributed by atoms with Crippen molar-refractivity contribution in [1.82, 2.24) is 5.32 Å². The summed E-state index contributed by atoms with van der Waals surface area (Å²) in [5.41, 5.74) is 0.541. The van der Waals surface area contributed by atoms with Crippen molar-refractivity contribution in [2.24, 2.45) is 10.2 Å². The molecule has 2 rings (SSSR count). The van der Waals surface area contributed by atoms with Crippen LogP contribution in [0.3, 0.4) is 0 Å². The molecule has 1 fully saturated rings. The van der Waals surface area contributed by atoms with Crippen LogP contribution in [0.5, 0.6) is 0 Å². The molecule has 1 amide bonds. The van der Waals surface area contributed by atoms with Gasteiger partial charge >= 0.3 is 5.97 Å². The molecule has 0 radical (unpaired) electrons. The van der Waals surface area contributed by atoms with E-state index in [1.165, 1.54) is 25.5 Å². The average molecular weight is 307 g/mol. The number of thioether (sulfide) groups is 1. The molecular weight excluding hydrogens is 297 g/mol. The van der Waals surface area contributed by atoms with Gasteiger partial charge in [0.2, 0.25) is 0 Å². The number of halogens is 1. The van der Waals surface area contributed by atoms with Crippen LogP contribution in [0, 0.1) is 5.82 Å². The number of nitrogens with one attached hydrogen (secondary N) is 1. The molecule has 0 unspecified atom stereocenters. The van der Waals surface area contributed by atoms with Crippen LogP contribution in [0.15, 0.2) is 45.4 Å². The van der Waals surface area contributed by atoms with E-state index in [0.717, 1.165) is 17.8 Å². The predicted molar refractivity (Wildman–Crippen MR) is 77.3 cm³/mol. The average Bonchev–Trinajstić information content (AvgIpc) is 2.79. The molecule has 8 heteroatoms. The van der Waals surface area contributed by atoms with Gasteiger partial charge in [-0.1, -0.05) is 12.1 Å². The molecule has 1 N–H and O–H groups in total. The normalized spacial score (nSPS) is 18.5. The van der Waals surface area contributed by atoms with Gasteiger partial charge in [-0.25, -0.2) is 9.18 Å². The number of amides is 1. The minimum atomic E-state index is -0.628. The molecule has 0 spiro atoms. The van der Waals surface area contributed by atoms with Gasteiger partial charge in [0.25, 0.3) is 5.91 Å². The van der Waals surface area contributed by atoms with Crippen molar-refractivity contribution in [3.05, 3.63) is 46.6 Å². The first-order chi connectivity index (χ1) is 10.1. The first kappa shape index (κ1) is 14.9. The van der Waals surface area contributed by atoms with Crippen molar-refractivity contribution in [2.75, 3.05) is 7.11 Å². The summed E-state index contributed by atoms with van der Waals surface area (Å²) < 4.78 is 17.4. The van der Waals surface area contributed by atoms with E-state index in [9.17, 15) is 14.0 Å². The Balaban J connectivity index is 2.05. The highest BCUT2D eigenvalue weighted by Gasteiger charge is 2.24. The van der Waals surface area contributed by atoms with E-state index in [2.05, 4.69) is 20.3 Å². The lowest BCUT2D eigenvalue weighted by molar-refractivity contribution is -0.135. The molecule has 6 nitrogen and oxygen atoms in total. The van der Waals surface area contributed by atoms with Gasteiger partial charge in [0, 0.05) is 6.08 Å². The first-order valence-electron chi connectivity index (χ1n) is 5.74. The second-order valence-electron chi connectivity index (χ2n) is 3.79. The molecule has 108 valence electrons. The molecule has 0 bridgehead atoms. The number of carbonyl (C=O) groups is 2. The SMILES string of the molecule is COC(=O)/C=C1/S/C(=N\N=Cc2cccc(F)c2)NC1=O. The number of hydrogen-bond donors (Lipinski definition) is 1. The number of benzene rings is 1. The maximum Gasteiger partial charge on any atom is 0.331 e. The van der Waals surface area contributed by atoms with E-state index in [1.54, 1.807) is 12.1 Å². The molecule has 0 aromatic heterocycles. The molecule has 1 aromatic rings. The summed E-state index contributed by atoms with van der Waals surface area (Å²) in [6.07, 6.45) is 2.42. The van der Waals surface area contributed by atoms with Crippen LogP contribution in [-0.2, 0) is 14.3 Å². The zero-order valence-corrected chi connectivity index (χ0v) is 11.7. The summed E-state index contributed by atoms with van der Waals surface area (Å²) >= 11 is 0.963. The second kappa shape index (κ2) is 6.80. The third-order valence-electron chi connectivity index (χ3n) is 2.31. The standard InChI is InChI=1S/C13H10FN3O3S/c1-20-11(18)6-10-12(19)16-13(21-10)17-15-7-8-3-2-4-9(14)5-8/h2-7H,1H3,(H,16,17,19)/b10-6+,15-7?. The first-order valence-corrected chi connectivity index (χ1v) is 6.55. The van der Waals surface area contributed by atoms with Crippen molar-refractivity contribution in [3.63, 3.8) is 0 Å². The van der Waals surface area contributed by atoms with Crippen molar-refractivity contribution in [3.8, 4) is 0 Å². The Hall–Kier alpha value is -2.48. The summed E-state index contributed by atoms with van der Waals surface area (Å²) in [6, 6.07) is 5.83. The largest absolute Gasteiger partial charge is 0.466 e. The van der Waals surface area contributed by atoms with E-state index >= 15 is 0 Å². The zero-order chi connectivity index (χ0) is 15.2. The topological polar surface area (TPSA) is 80.1 Å². The van der Waals surface area contributed by atoms with Gasteiger partial charge in [0.05, 0.1) is 18.2 Å². The maximum absolute atomic E-state index is 12.9. The highest BCUT2D eigenvalue weighted by atomic mass is 32.2. The van der Waals surface area contributed by atoms with E-state index < -0.39 is 11.9 Å². The molecule has 1 heterocycles. The van der Waals surface area contributed by atoms with E-state index in [-0.39, 0.29) is 15.9 Å². The van der Waals surface area contributed by atoms with Gasteiger partial charge in [-0.3, -0.25) is 10.1 Å². The molecule has 0 atom stereocenters. The molecular formula is C13H10FN3O3S. The highest BCUT2D eigenvalue weighted by molar-refractivity contribution is 8.18. The van der Waals surface area contributed by atoms with Crippen LogP contribution < -0.4 is 5.32 Å². The molecule has 0 saturated carbocycles. The summed E-state index contributed by atoms with van der Waals surface area (Å²) in [5, 5.41) is 10.2. The third kappa shape index (κ3) is 4.25. The van der Waals surface area contributed by atoms with Crippen molar-refractivity contribution >= 4 is 35.0 Å². The highest BCUT2D eigenvalue weighted by Crippen LogP contribution is 2.23. The lowest BCUT2D eigenvalue weighted by atomic mass is 10.2. The van der Waals surface area contributed by atoms with Crippen LogP contribution in [0.4, 0.5) is 4.39 Å². The van der Waals surface area contributed by atoms with Crippen LogP contribution >= 0.6 is 11.8 Å². The van der Waals surface area contributed by atoms with E-state index in [0.29, 0.717) is 5.56 Å². The van der Waals surface area contributed by atoms with Crippen molar-refractivity contribution < 1.29 is 18.7 Å². The van der Waals surface area contributed by atoms with E-state index in [1.807, 2.05) is 0 Å². The lowest BCUT2D eigenvalue weighted by Crippen LogP contribution is -2.19. The summed E-state index contributed by atoms with van der Waals surface area (Å²) in [6.45, 7) is 0. The Morgan fingerprint density at radius 3 is 3.00 bits per heavy atom. The Bertz CT molecular complexity index is 670. The summed E-state index contributed by atoms with van der Waals surface area (Å²) in [7, 11) is 1.22. The Labute approximate surface area is 123 Å². The van der Waals surface area contributed by atoms with Gasteiger partial charge in [0.1, 0.15) is 5.82 Å². The molecule has 0 aliphatic carbocycles. The van der Waals surface area contributed by atoms with Crippen LogP contribution in [0.25, 0.3) is 0 Å². The molecule has 21 heavy (non-hydrogen) atoms. The molecule has 1 saturated heterocycles. The minimum absolute atomic E-state index is 0.168. The lowest BCUT2D eigenvalue weighted by Gasteiger charge is -1.91. The van der Waals surface area contributed by atoms with Gasteiger partial charge < -0.3 is 4.74 Å². The van der Waals surface area contributed by atoms with E-state index in [4.69, 9.17) is 0 Å².